The number of nitrogens with two attached hydrogens (primary N) is 1. The zero-order valence-corrected chi connectivity index (χ0v) is 11.0. The number of halogens is 2. The maximum Gasteiger partial charge on any atom is 0.223 e. The Hall–Kier alpha value is -2.08. The van der Waals surface area contributed by atoms with Crippen LogP contribution in [0.3, 0.4) is 0 Å². The van der Waals surface area contributed by atoms with E-state index in [0.29, 0.717) is 28.9 Å². The van der Waals surface area contributed by atoms with Crippen LogP contribution in [0.25, 0.3) is 0 Å². The summed E-state index contributed by atoms with van der Waals surface area (Å²) >= 11 is 5.78. The van der Waals surface area contributed by atoms with Gasteiger partial charge in [0, 0.05) is 23.3 Å². The maximum absolute atomic E-state index is 13.2. The highest BCUT2D eigenvalue weighted by molar-refractivity contribution is 6.30. The molecule has 5 nitrogen and oxygen atoms in total. The van der Waals surface area contributed by atoms with Crippen LogP contribution in [0, 0.1) is 5.82 Å². The highest BCUT2D eigenvalue weighted by Crippen LogP contribution is 2.22. The Morgan fingerprint density at radius 1 is 1.21 bits per heavy atom. The van der Waals surface area contributed by atoms with Crippen LogP contribution < -0.4 is 16.4 Å². The first-order chi connectivity index (χ1) is 9.06. The molecule has 4 N–H and O–H groups in total. The normalized spacial score (nSPS) is 10.3. The lowest BCUT2D eigenvalue weighted by Gasteiger charge is -2.09. The van der Waals surface area contributed by atoms with Crippen LogP contribution in [0.4, 0.5) is 27.7 Å². The SMILES string of the molecule is CCNc1cc(Nc2cc(F)cc(Cl)c2)nc(N)n1. The van der Waals surface area contributed by atoms with E-state index in [9.17, 15) is 4.39 Å². The molecule has 0 spiro atoms. The number of nitrogen functional groups attached to an aromatic ring is 1. The third-order valence-corrected chi connectivity index (χ3v) is 2.45. The van der Waals surface area contributed by atoms with Crippen molar-refractivity contribution in [2.45, 2.75) is 6.92 Å². The summed E-state index contributed by atoms with van der Waals surface area (Å²) < 4.78 is 13.2. The minimum absolute atomic E-state index is 0.128. The summed E-state index contributed by atoms with van der Waals surface area (Å²) in [4.78, 5) is 8.04. The summed E-state index contributed by atoms with van der Waals surface area (Å²) in [5.41, 5.74) is 6.09. The van der Waals surface area contributed by atoms with Gasteiger partial charge in [0.1, 0.15) is 17.5 Å². The molecule has 0 aliphatic rings. The van der Waals surface area contributed by atoms with Crippen molar-refractivity contribution >= 4 is 34.9 Å². The van der Waals surface area contributed by atoms with Gasteiger partial charge in [-0.05, 0) is 25.1 Å². The van der Waals surface area contributed by atoms with E-state index in [1.54, 1.807) is 12.1 Å². The van der Waals surface area contributed by atoms with Crippen molar-refractivity contribution in [3.63, 3.8) is 0 Å². The fourth-order valence-corrected chi connectivity index (χ4v) is 1.80. The monoisotopic (exact) mass is 281 g/mol. The van der Waals surface area contributed by atoms with Crippen molar-refractivity contribution in [2.24, 2.45) is 0 Å². The number of rotatable bonds is 4. The second kappa shape index (κ2) is 5.71. The number of hydrogen-bond acceptors (Lipinski definition) is 5. The van der Waals surface area contributed by atoms with Crippen LogP contribution in [-0.4, -0.2) is 16.5 Å². The predicted octanol–water partition coefficient (Wildman–Crippen LogP) is 3.03. The fourth-order valence-electron chi connectivity index (χ4n) is 1.58. The van der Waals surface area contributed by atoms with E-state index in [4.69, 9.17) is 17.3 Å². The average Bonchev–Trinajstić information content (AvgIpc) is 2.26. The van der Waals surface area contributed by atoms with Crippen molar-refractivity contribution in [1.29, 1.82) is 0 Å². The summed E-state index contributed by atoms with van der Waals surface area (Å²) in [6.07, 6.45) is 0. The molecule has 19 heavy (non-hydrogen) atoms. The smallest absolute Gasteiger partial charge is 0.223 e. The van der Waals surface area contributed by atoms with E-state index in [2.05, 4.69) is 20.6 Å². The Kier molecular flexibility index (Phi) is 4.01. The standard InChI is InChI=1S/C12H13ClFN5/c1-2-16-10-6-11(19-12(15)18-10)17-9-4-7(13)3-8(14)5-9/h3-6H,2H2,1H3,(H4,15,16,17,18,19). The molecular formula is C12H13ClFN5. The lowest BCUT2D eigenvalue weighted by Crippen LogP contribution is -2.05. The molecule has 1 aromatic heterocycles. The van der Waals surface area contributed by atoms with Gasteiger partial charge >= 0.3 is 0 Å². The maximum atomic E-state index is 13.2. The first-order valence-corrected chi connectivity index (χ1v) is 6.06. The summed E-state index contributed by atoms with van der Waals surface area (Å²) in [6.45, 7) is 2.65. The summed E-state index contributed by atoms with van der Waals surface area (Å²) in [5.74, 6) is 0.762. The fraction of sp³-hybridized carbons (Fsp3) is 0.167. The van der Waals surface area contributed by atoms with E-state index >= 15 is 0 Å². The molecular weight excluding hydrogens is 269 g/mol. The van der Waals surface area contributed by atoms with Crippen LogP contribution in [0.1, 0.15) is 6.92 Å². The Morgan fingerprint density at radius 2 is 1.95 bits per heavy atom. The van der Waals surface area contributed by atoms with E-state index in [-0.39, 0.29) is 5.95 Å². The number of benzene rings is 1. The van der Waals surface area contributed by atoms with Gasteiger partial charge in [-0.1, -0.05) is 11.6 Å². The quantitative estimate of drug-likeness (QED) is 0.803. The van der Waals surface area contributed by atoms with E-state index in [1.165, 1.54) is 12.1 Å². The largest absolute Gasteiger partial charge is 0.370 e. The molecule has 2 rings (SSSR count). The van der Waals surface area contributed by atoms with Crippen molar-refractivity contribution in [2.75, 3.05) is 22.9 Å². The lowest BCUT2D eigenvalue weighted by molar-refractivity contribution is 0.628. The van der Waals surface area contributed by atoms with Crippen LogP contribution in [0.2, 0.25) is 5.02 Å². The minimum Gasteiger partial charge on any atom is -0.370 e. The highest BCUT2D eigenvalue weighted by atomic mass is 35.5. The second-order valence-corrected chi connectivity index (χ2v) is 4.25. The molecule has 1 heterocycles. The molecule has 2 aromatic rings. The first-order valence-electron chi connectivity index (χ1n) is 5.68. The summed E-state index contributed by atoms with van der Waals surface area (Å²) in [7, 11) is 0. The topological polar surface area (TPSA) is 75.9 Å². The Balaban J connectivity index is 2.27. The molecule has 0 unspecified atom stereocenters. The van der Waals surface area contributed by atoms with Crippen LogP contribution in [0.15, 0.2) is 24.3 Å². The molecule has 0 aliphatic carbocycles. The van der Waals surface area contributed by atoms with E-state index < -0.39 is 5.82 Å². The first kappa shape index (κ1) is 13.4. The van der Waals surface area contributed by atoms with Crippen LogP contribution in [0.5, 0.6) is 0 Å². The molecule has 100 valence electrons. The highest BCUT2D eigenvalue weighted by Gasteiger charge is 2.04. The van der Waals surface area contributed by atoms with Gasteiger partial charge in [0.05, 0.1) is 0 Å². The van der Waals surface area contributed by atoms with Crippen molar-refractivity contribution in [3.8, 4) is 0 Å². The Bertz CT molecular complexity index is 570. The Labute approximate surface area is 115 Å². The molecule has 7 heteroatoms. The number of nitrogens with zero attached hydrogens (tertiary/aromatic N) is 2. The minimum atomic E-state index is -0.427. The predicted molar refractivity (Wildman–Crippen MR) is 75.3 cm³/mol. The molecule has 0 bridgehead atoms. The summed E-state index contributed by atoms with van der Waals surface area (Å²) in [6, 6.07) is 5.82. The van der Waals surface area contributed by atoms with Gasteiger partial charge in [0.2, 0.25) is 5.95 Å². The second-order valence-electron chi connectivity index (χ2n) is 3.81. The van der Waals surface area contributed by atoms with Gasteiger partial charge in [0.25, 0.3) is 0 Å². The van der Waals surface area contributed by atoms with Gasteiger partial charge in [-0.3, -0.25) is 0 Å². The van der Waals surface area contributed by atoms with Gasteiger partial charge in [-0.25, -0.2) is 4.39 Å². The number of aromatic nitrogens is 2. The molecule has 0 aliphatic heterocycles. The van der Waals surface area contributed by atoms with Crippen LogP contribution in [-0.2, 0) is 0 Å². The van der Waals surface area contributed by atoms with E-state index in [1.807, 2.05) is 6.92 Å². The molecule has 0 saturated carbocycles. The van der Waals surface area contributed by atoms with Gasteiger partial charge in [-0.15, -0.1) is 0 Å². The summed E-state index contributed by atoms with van der Waals surface area (Å²) in [5, 5.41) is 6.26. The molecule has 0 atom stereocenters. The molecule has 0 radical (unpaired) electrons. The number of anilines is 4. The van der Waals surface area contributed by atoms with Gasteiger partial charge in [0.15, 0.2) is 0 Å². The van der Waals surface area contributed by atoms with Crippen molar-refractivity contribution in [1.82, 2.24) is 9.97 Å². The lowest BCUT2D eigenvalue weighted by atomic mass is 10.3. The molecule has 0 saturated heterocycles. The molecule has 0 amide bonds. The number of hydrogen-bond donors (Lipinski definition) is 3. The zero-order chi connectivity index (χ0) is 13.8. The van der Waals surface area contributed by atoms with E-state index in [0.717, 1.165) is 0 Å². The third-order valence-electron chi connectivity index (χ3n) is 2.24. The average molecular weight is 282 g/mol. The van der Waals surface area contributed by atoms with Crippen molar-refractivity contribution in [3.05, 3.63) is 35.1 Å². The zero-order valence-electron chi connectivity index (χ0n) is 10.2. The van der Waals surface area contributed by atoms with Gasteiger partial charge < -0.3 is 16.4 Å². The Morgan fingerprint density at radius 3 is 2.63 bits per heavy atom. The molecule has 0 fully saturated rings. The number of nitrogens with one attached hydrogen (secondary N) is 2. The van der Waals surface area contributed by atoms with Gasteiger partial charge in [-0.2, -0.15) is 9.97 Å². The molecule has 1 aromatic carbocycles. The van der Waals surface area contributed by atoms with Crippen molar-refractivity contribution < 1.29 is 4.39 Å². The third kappa shape index (κ3) is 3.69. The van der Waals surface area contributed by atoms with Crippen LogP contribution >= 0.6 is 11.6 Å².